The third-order valence-electron chi connectivity index (χ3n) is 6.73. The second-order valence-corrected chi connectivity index (χ2v) is 9.02. The molecule has 5 rings (SSSR count). The van der Waals surface area contributed by atoms with Crippen LogP contribution in [-0.2, 0) is 11.3 Å². The van der Waals surface area contributed by atoms with Crippen LogP contribution in [0.3, 0.4) is 0 Å². The van der Waals surface area contributed by atoms with Crippen LogP contribution in [0.2, 0.25) is 0 Å². The number of rotatable bonds is 8. The van der Waals surface area contributed by atoms with E-state index in [9.17, 15) is 4.79 Å². The quantitative estimate of drug-likeness (QED) is 0.346. The minimum Gasteiger partial charge on any atom is -0.497 e. The predicted octanol–water partition coefficient (Wildman–Crippen LogP) is 5.02. The van der Waals surface area contributed by atoms with E-state index in [1.807, 2.05) is 84.1 Å². The Morgan fingerprint density at radius 1 is 1.08 bits per heavy atom. The number of para-hydroxylation sites is 1. The molecule has 0 spiro atoms. The van der Waals surface area contributed by atoms with Crippen molar-refractivity contribution in [2.24, 2.45) is 0 Å². The molecule has 0 bridgehead atoms. The van der Waals surface area contributed by atoms with E-state index in [1.54, 1.807) is 7.11 Å². The molecule has 1 aliphatic heterocycles. The van der Waals surface area contributed by atoms with Crippen molar-refractivity contribution in [2.75, 3.05) is 26.9 Å². The highest BCUT2D eigenvalue weighted by Crippen LogP contribution is 2.38. The van der Waals surface area contributed by atoms with Crippen LogP contribution in [0.1, 0.15) is 41.9 Å². The molecule has 1 N–H and O–H groups in total. The number of aromatic nitrogens is 3. The first kappa shape index (κ1) is 24.6. The second-order valence-electron chi connectivity index (χ2n) is 9.02. The number of nitrogens with zero attached hydrogens (tertiary/aromatic N) is 4. The van der Waals surface area contributed by atoms with Crippen molar-refractivity contribution in [3.05, 3.63) is 95.4 Å². The van der Waals surface area contributed by atoms with E-state index in [0.29, 0.717) is 26.3 Å². The van der Waals surface area contributed by atoms with Gasteiger partial charge in [-0.1, -0.05) is 30.3 Å². The molecule has 2 aromatic heterocycles. The van der Waals surface area contributed by atoms with Gasteiger partial charge in [0.25, 0.3) is 0 Å². The number of carbonyl (C=O) groups excluding carboxylic acids is 1. The summed E-state index contributed by atoms with van der Waals surface area (Å²) in [5.74, 6) is 1.73. The Bertz CT molecular complexity index is 1340. The molecule has 1 unspecified atom stereocenters. The molecular formula is C29H33N5O3. The van der Waals surface area contributed by atoms with E-state index in [2.05, 4.69) is 22.1 Å². The highest BCUT2D eigenvalue weighted by atomic mass is 16.5. The molecule has 3 heterocycles. The first-order valence-electron chi connectivity index (χ1n) is 12.7. The molecular weight excluding hydrogens is 466 g/mol. The summed E-state index contributed by atoms with van der Waals surface area (Å²) in [6.45, 7) is 6.23. The number of methoxy groups -OCH3 is 1. The number of nitrogens with one attached hydrogen (secondary N) is 1. The maximum atomic E-state index is 13.7. The largest absolute Gasteiger partial charge is 0.497 e. The Labute approximate surface area is 217 Å². The number of amides is 2. The van der Waals surface area contributed by atoms with E-state index in [-0.39, 0.29) is 12.1 Å². The molecule has 0 fully saturated rings. The number of carbonyl (C=O) groups is 1. The van der Waals surface area contributed by atoms with Crippen molar-refractivity contribution in [3.63, 3.8) is 0 Å². The van der Waals surface area contributed by atoms with Gasteiger partial charge in [-0.2, -0.15) is 5.10 Å². The van der Waals surface area contributed by atoms with Crippen LogP contribution in [0.25, 0.3) is 11.5 Å². The van der Waals surface area contributed by atoms with Crippen LogP contribution in [0.15, 0.2) is 72.9 Å². The predicted molar refractivity (Wildman–Crippen MR) is 143 cm³/mol. The Kier molecular flexibility index (Phi) is 7.28. The summed E-state index contributed by atoms with van der Waals surface area (Å²) >= 11 is 0. The lowest BCUT2D eigenvalue weighted by atomic mass is 10.0. The number of urea groups is 1. The Morgan fingerprint density at radius 3 is 2.59 bits per heavy atom. The normalized spacial score (nSPS) is 14.6. The zero-order valence-corrected chi connectivity index (χ0v) is 21.6. The fourth-order valence-corrected chi connectivity index (χ4v) is 4.90. The zero-order valence-electron chi connectivity index (χ0n) is 21.6. The van der Waals surface area contributed by atoms with Crippen LogP contribution < -0.4 is 10.1 Å². The molecule has 37 heavy (non-hydrogen) atoms. The number of hydrogen-bond donors (Lipinski definition) is 1. The number of hydrogen-bond acceptors (Lipinski definition) is 4. The van der Waals surface area contributed by atoms with Gasteiger partial charge in [-0.05, 0) is 62.2 Å². The minimum absolute atomic E-state index is 0.121. The monoisotopic (exact) mass is 499 g/mol. The van der Waals surface area contributed by atoms with Crippen molar-refractivity contribution in [2.45, 2.75) is 32.9 Å². The van der Waals surface area contributed by atoms with E-state index in [0.717, 1.165) is 46.2 Å². The standard InChI is InChI=1S/C29H33N5O3/c1-4-37-19-9-17-30-29(35)33-20-25-21(2)31-34(23-10-6-5-7-11-23)28(25)32-18-8-12-26(32)27(33)22-13-15-24(36-3)16-14-22/h5-8,10-16,18,27H,4,9,17,19-20H2,1-3H3,(H,30,35). The SMILES string of the molecule is CCOCCCNC(=O)N1Cc2c(C)nn(-c3ccccc3)c2-n2cccc2C1c1ccc(OC)cc1. The minimum atomic E-state index is -0.302. The average molecular weight is 500 g/mol. The van der Waals surface area contributed by atoms with E-state index >= 15 is 0 Å². The number of ether oxygens (including phenoxy) is 2. The smallest absolute Gasteiger partial charge is 0.318 e. The summed E-state index contributed by atoms with van der Waals surface area (Å²) in [5, 5.41) is 8.02. The summed E-state index contributed by atoms with van der Waals surface area (Å²) in [6, 6.07) is 21.7. The average Bonchev–Trinajstić information content (AvgIpc) is 3.49. The van der Waals surface area contributed by atoms with Gasteiger partial charge in [-0.3, -0.25) is 0 Å². The van der Waals surface area contributed by atoms with E-state index in [4.69, 9.17) is 14.6 Å². The summed E-state index contributed by atoms with van der Waals surface area (Å²) < 4.78 is 15.0. The lowest BCUT2D eigenvalue weighted by Gasteiger charge is -2.31. The van der Waals surface area contributed by atoms with Crippen molar-refractivity contribution in [3.8, 4) is 17.3 Å². The van der Waals surface area contributed by atoms with Gasteiger partial charge in [0.1, 0.15) is 11.6 Å². The summed E-state index contributed by atoms with van der Waals surface area (Å²) in [7, 11) is 1.66. The summed E-state index contributed by atoms with van der Waals surface area (Å²) in [6.07, 6.45) is 2.81. The third-order valence-corrected chi connectivity index (χ3v) is 6.73. The second kappa shape index (κ2) is 10.9. The van der Waals surface area contributed by atoms with Crippen LogP contribution >= 0.6 is 0 Å². The Balaban J connectivity index is 1.60. The lowest BCUT2D eigenvalue weighted by Crippen LogP contribution is -2.42. The van der Waals surface area contributed by atoms with Crippen LogP contribution in [0.4, 0.5) is 4.79 Å². The Hall–Kier alpha value is -4.04. The third kappa shape index (κ3) is 4.84. The molecule has 1 aliphatic rings. The number of aryl methyl sites for hydroxylation is 1. The fourth-order valence-electron chi connectivity index (χ4n) is 4.90. The van der Waals surface area contributed by atoms with Crippen molar-refractivity contribution < 1.29 is 14.3 Å². The maximum Gasteiger partial charge on any atom is 0.318 e. The maximum absolute atomic E-state index is 13.7. The van der Waals surface area contributed by atoms with Gasteiger partial charge in [0, 0.05) is 31.5 Å². The van der Waals surface area contributed by atoms with E-state index < -0.39 is 0 Å². The van der Waals surface area contributed by atoms with Gasteiger partial charge in [0.15, 0.2) is 0 Å². The summed E-state index contributed by atoms with van der Waals surface area (Å²) in [4.78, 5) is 15.6. The van der Waals surface area contributed by atoms with E-state index in [1.165, 1.54) is 0 Å². The van der Waals surface area contributed by atoms with Gasteiger partial charge in [0.2, 0.25) is 0 Å². The molecule has 0 aliphatic carbocycles. The fraction of sp³-hybridized carbons (Fsp3) is 0.310. The topological polar surface area (TPSA) is 73.5 Å². The number of fused-ring (bicyclic) bond motifs is 3. The van der Waals surface area contributed by atoms with Crippen molar-refractivity contribution >= 4 is 6.03 Å². The lowest BCUT2D eigenvalue weighted by molar-refractivity contribution is 0.143. The van der Waals surface area contributed by atoms with Crippen molar-refractivity contribution in [1.82, 2.24) is 24.6 Å². The molecule has 2 amide bonds. The molecule has 2 aromatic carbocycles. The Morgan fingerprint density at radius 2 is 1.86 bits per heavy atom. The van der Waals surface area contributed by atoms with Crippen LogP contribution in [0.5, 0.6) is 5.75 Å². The van der Waals surface area contributed by atoms with Crippen LogP contribution in [-0.4, -0.2) is 52.1 Å². The molecule has 0 radical (unpaired) electrons. The van der Waals surface area contributed by atoms with Gasteiger partial charge < -0.3 is 24.3 Å². The van der Waals surface area contributed by atoms with Gasteiger partial charge >= 0.3 is 6.03 Å². The molecule has 8 nitrogen and oxygen atoms in total. The van der Waals surface area contributed by atoms with Crippen molar-refractivity contribution in [1.29, 1.82) is 0 Å². The van der Waals surface area contributed by atoms with Crippen LogP contribution in [0, 0.1) is 6.92 Å². The molecule has 8 heteroatoms. The molecule has 1 atom stereocenters. The molecule has 0 saturated heterocycles. The first-order chi connectivity index (χ1) is 18.1. The number of benzene rings is 2. The highest BCUT2D eigenvalue weighted by molar-refractivity contribution is 5.76. The first-order valence-corrected chi connectivity index (χ1v) is 12.7. The van der Waals surface area contributed by atoms with Gasteiger partial charge in [-0.15, -0.1) is 0 Å². The van der Waals surface area contributed by atoms with Gasteiger partial charge in [-0.25, -0.2) is 9.48 Å². The summed E-state index contributed by atoms with van der Waals surface area (Å²) in [5.41, 5.74) is 4.88. The zero-order chi connectivity index (χ0) is 25.8. The molecule has 192 valence electrons. The molecule has 4 aromatic rings. The van der Waals surface area contributed by atoms with Gasteiger partial charge in [0.05, 0.1) is 36.8 Å². The highest BCUT2D eigenvalue weighted by Gasteiger charge is 2.35. The molecule has 0 saturated carbocycles.